The van der Waals surface area contributed by atoms with Gasteiger partial charge in [0.05, 0.1) is 19.7 Å². The van der Waals surface area contributed by atoms with Gasteiger partial charge in [-0.25, -0.2) is 4.57 Å². The number of nitrogen functional groups attached to an aromatic ring is 1. The van der Waals surface area contributed by atoms with E-state index < -0.39 is 0 Å². The highest BCUT2D eigenvalue weighted by atomic mass is 16.5. The van der Waals surface area contributed by atoms with E-state index in [1.807, 2.05) is 49.0 Å². The quantitative estimate of drug-likeness (QED) is 0.844. The molecular formula is C14H18N3O2+. The molecule has 0 saturated carbocycles. The van der Waals surface area contributed by atoms with Crippen molar-refractivity contribution in [1.29, 1.82) is 0 Å². The molecule has 0 amide bonds. The average Bonchev–Trinajstić information content (AvgIpc) is 2.41. The Bertz CT molecular complexity index is 585. The number of aromatic nitrogens is 2. The minimum atomic E-state index is 0.375. The summed E-state index contributed by atoms with van der Waals surface area (Å²) in [6.07, 6.45) is 1.93. The van der Waals surface area contributed by atoms with E-state index in [2.05, 4.69) is 4.98 Å². The fourth-order valence-electron chi connectivity index (χ4n) is 1.68. The van der Waals surface area contributed by atoms with Gasteiger partial charge in [0.2, 0.25) is 5.82 Å². The Morgan fingerprint density at radius 1 is 1.32 bits per heavy atom. The Balaban J connectivity index is 2.12. The van der Waals surface area contributed by atoms with Gasteiger partial charge in [-0.05, 0) is 17.1 Å². The number of hydrogen-bond donors (Lipinski definition) is 1. The van der Waals surface area contributed by atoms with Gasteiger partial charge in [-0.3, -0.25) is 0 Å². The second kappa shape index (κ2) is 5.56. The van der Waals surface area contributed by atoms with Crippen molar-refractivity contribution in [3.05, 3.63) is 41.9 Å². The maximum absolute atomic E-state index is 5.88. The molecule has 19 heavy (non-hydrogen) atoms. The van der Waals surface area contributed by atoms with Crippen molar-refractivity contribution in [3.8, 4) is 11.5 Å². The molecule has 0 bridgehead atoms. The smallest absolute Gasteiger partial charge is 0.297 e. The SMILES string of the molecule is COc1cccc(OCc2c[n+](C)c(C)nc2N)c1. The van der Waals surface area contributed by atoms with Crippen LogP contribution in [0.15, 0.2) is 30.5 Å². The van der Waals surface area contributed by atoms with E-state index in [0.717, 1.165) is 22.9 Å². The highest BCUT2D eigenvalue weighted by Crippen LogP contribution is 2.20. The van der Waals surface area contributed by atoms with Gasteiger partial charge in [0.1, 0.15) is 24.3 Å². The van der Waals surface area contributed by atoms with Crippen LogP contribution in [-0.2, 0) is 13.7 Å². The molecule has 2 aromatic rings. The molecule has 0 aliphatic heterocycles. The summed E-state index contributed by atoms with van der Waals surface area (Å²) in [5.74, 6) is 2.86. The van der Waals surface area contributed by atoms with Crippen molar-refractivity contribution < 1.29 is 14.0 Å². The van der Waals surface area contributed by atoms with Gasteiger partial charge in [0.15, 0.2) is 0 Å². The predicted octanol–water partition coefficient (Wildman–Crippen LogP) is 1.38. The maximum atomic E-state index is 5.88. The number of anilines is 1. The molecule has 100 valence electrons. The molecule has 0 spiro atoms. The summed E-state index contributed by atoms with van der Waals surface area (Å²) in [6, 6.07) is 7.46. The normalized spacial score (nSPS) is 10.3. The van der Waals surface area contributed by atoms with Crippen LogP contribution >= 0.6 is 0 Å². The topological polar surface area (TPSA) is 61.2 Å². The summed E-state index contributed by atoms with van der Waals surface area (Å²) in [4.78, 5) is 4.26. The minimum absolute atomic E-state index is 0.375. The molecule has 2 N–H and O–H groups in total. The third-order valence-corrected chi connectivity index (χ3v) is 2.91. The molecule has 1 heterocycles. The third kappa shape index (κ3) is 3.13. The summed E-state index contributed by atoms with van der Waals surface area (Å²) in [7, 11) is 3.55. The Hall–Kier alpha value is -2.30. The molecule has 0 radical (unpaired) electrons. The lowest BCUT2D eigenvalue weighted by Gasteiger charge is -2.08. The number of nitrogens with two attached hydrogens (primary N) is 1. The van der Waals surface area contributed by atoms with Crippen molar-refractivity contribution in [1.82, 2.24) is 4.98 Å². The Labute approximate surface area is 112 Å². The van der Waals surface area contributed by atoms with Gasteiger partial charge < -0.3 is 15.2 Å². The highest BCUT2D eigenvalue weighted by molar-refractivity contribution is 5.37. The third-order valence-electron chi connectivity index (χ3n) is 2.91. The summed E-state index contributed by atoms with van der Waals surface area (Å²) in [6.45, 7) is 2.28. The minimum Gasteiger partial charge on any atom is -0.497 e. The lowest BCUT2D eigenvalue weighted by atomic mass is 10.3. The number of hydrogen-bond acceptors (Lipinski definition) is 4. The molecule has 1 aromatic heterocycles. The maximum Gasteiger partial charge on any atom is 0.297 e. The summed E-state index contributed by atoms with van der Waals surface area (Å²) >= 11 is 0. The van der Waals surface area contributed by atoms with Crippen LogP contribution in [0.3, 0.4) is 0 Å². The number of nitrogens with zero attached hydrogens (tertiary/aromatic N) is 2. The molecular weight excluding hydrogens is 242 g/mol. The van der Waals surface area contributed by atoms with Crippen molar-refractivity contribution in [2.24, 2.45) is 7.05 Å². The standard InChI is InChI=1S/C14H17N3O2/c1-10-16-14(15)11(8-17(10)2)9-19-13-6-4-5-12(7-13)18-3/h4-8,15H,9H2,1-3H3/p+1. The first-order chi connectivity index (χ1) is 9.10. The molecule has 5 nitrogen and oxygen atoms in total. The molecule has 0 saturated heterocycles. The lowest BCUT2D eigenvalue weighted by molar-refractivity contribution is -0.681. The fraction of sp³-hybridized carbons (Fsp3) is 0.286. The zero-order chi connectivity index (χ0) is 13.8. The van der Waals surface area contributed by atoms with Crippen LogP contribution in [0, 0.1) is 6.92 Å². The molecule has 0 fully saturated rings. The Morgan fingerprint density at radius 3 is 2.79 bits per heavy atom. The first-order valence-electron chi connectivity index (χ1n) is 5.98. The number of benzene rings is 1. The van der Waals surface area contributed by atoms with Crippen LogP contribution in [0.1, 0.15) is 11.4 Å². The number of methoxy groups -OCH3 is 1. The van der Waals surface area contributed by atoms with E-state index in [9.17, 15) is 0 Å². The van der Waals surface area contributed by atoms with Crippen LogP contribution in [0.4, 0.5) is 5.82 Å². The second-order valence-electron chi connectivity index (χ2n) is 4.28. The van der Waals surface area contributed by atoms with Crippen LogP contribution in [-0.4, -0.2) is 12.1 Å². The molecule has 5 heteroatoms. The molecule has 1 aromatic carbocycles. The molecule has 0 atom stereocenters. The summed E-state index contributed by atoms with van der Waals surface area (Å²) < 4.78 is 12.8. The molecule has 2 rings (SSSR count). The summed E-state index contributed by atoms with van der Waals surface area (Å²) in [5, 5.41) is 0. The van der Waals surface area contributed by atoms with Gasteiger partial charge in [-0.1, -0.05) is 6.07 Å². The largest absolute Gasteiger partial charge is 0.497 e. The first-order valence-corrected chi connectivity index (χ1v) is 5.98. The first kappa shape index (κ1) is 13.1. The van der Waals surface area contributed by atoms with Crippen LogP contribution < -0.4 is 19.8 Å². The van der Waals surface area contributed by atoms with Crippen molar-refractivity contribution in [3.63, 3.8) is 0 Å². The van der Waals surface area contributed by atoms with Crippen molar-refractivity contribution in [2.75, 3.05) is 12.8 Å². The van der Waals surface area contributed by atoms with Gasteiger partial charge in [0, 0.05) is 13.0 Å². The van der Waals surface area contributed by atoms with Crippen molar-refractivity contribution >= 4 is 5.82 Å². The van der Waals surface area contributed by atoms with Gasteiger partial charge >= 0.3 is 0 Å². The van der Waals surface area contributed by atoms with E-state index in [1.54, 1.807) is 7.11 Å². The Morgan fingerprint density at radius 2 is 2.05 bits per heavy atom. The molecule has 0 aliphatic rings. The Kier molecular flexibility index (Phi) is 3.85. The zero-order valence-electron chi connectivity index (χ0n) is 11.4. The van der Waals surface area contributed by atoms with E-state index in [0.29, 0.717) is 12.4 Å². The van der Waals surface area contributed by atoms with Gasteiger partial charge in [-0.2, -0.15) is 0 Å². The van der Waals surface area contributed by atoms with Gasteiger partial charge in [0.25, 0.3) is 5.82 Å². The summed E-state index contributed by atoms with van der Waals surface area (Å²) in [5.41, 5.74) is 6.74. The average molecular weight is 260 g/mol. The fourth-order valence-corrected chi connectivity index (χ4v) is 1.68. The second-order valence-corrected chi connectivity index (χ2v) is 4.28. The van der Waals surface area contributed by atoms with Gasteiger partial charge in [-0.15, -0.1) is 0 Å². The molecule has 0 aliphatic carbocycles. The van der Waals surface area contributed by atoms with E-state index in [1.165, 1.54) is 0 Å². The predicted molar refractivity (Wildman–Crippen MR) is 71.9 cm³/mol. The number of rotatable bonds is 4. The van der Waals surface area contributed by atoms with Crippen LogP contribution in [0.25, 0.3) is 0 Å². The van der Waals surface area contributed by atoms with E-state index in [4.69, 9.17) is 15.2 Å². The monoisotopic (exact) mass is 260 g/mol. The zero-order valence-corrected chi connectivity index (χ0v) is 11.4. The van der Waals surface area contributed by atoms with E-state index in [-0.39, 0.29) is 0 Å². The van der Waals surface area contributed by atoms with Crippen LogP contribution in [0.2, 0.25) is 0 Å². The van der Waals surface area contributed by atoms with E-state index >= 15 is 0 Å². The van der Waals surface area contributed by atoms with Crippen LogP contribution in [0.5, 0.6) is 11.5 Å². The highest BCUT2D eigenvalue weighted by Gasteiger charge is 2.12. The lowest BCUT2D eigenvalue weighted by Crippen LogP contribution is -2.34. The number of aryl methyl sites for hydroxylation is 2. The number of ether oxygens (including phenoxy) is 2. The molecule has 0 unspecified atom stereocenters. The van der Waals surface area contributed by atoms with Crippen molar-refractivity contribution in [2.45, 2.75) is 13.5 Å².